The average Bonchev–Trinajstić information content (AvgIpc) is 2.12. The summed E-state index contributed by atoms with van der Waals surface area (Å²) in [5, 5.41) is 0.641. The van der Waals surface area contributed by atoms with Crippen molar-refractivity contribution >= 4 is 29.1 Å². The minimum Gasteiger partial charge on any atom is -0.294 e. The molecule has 1 heterocycles. The maximum absolute atomic E-state index is 11.7. The van der Waals surface area contributed by atoms with Gasteiger partial charge in [0, 0.05) is 27.2 Å². The lowest BCUT2D eigenvalue weighted by molar-refractivity contribution is 0.0936. The summed E-state index contributed by atoms with van der Waals surface area (Å²) in [4.78, 5) is 12.8. The predicted molar refractivity (Wildman–Crippen MR) is 55.7 cm³/mol. The summed E-state index contributed by atoms with van der Waals surface area (Å²) in [7, 11) is 0. The summed E-state index contributed by atoms with van der Waals surface area (Å²) in [5.41, 5.74) is 0.788. The molecule has 3 heteroatoms. The summed E-state index contributed by atoms with van der Waals surface area (Å²) in [6.45, 7) is 1.96. The van der Waals surface area contributed by atoms with Gasteiger partial charge in [0.05, 0.1) is 0 Å². The molecule has 1 aromatic carbocycles. The number of rotatable bonds is 0. The van der Waals surface area contributed by atoms with Crippen LogP contribution in [-0.4, -0.2) is 11.5 Å². The van der Waals surface area contributed by atoms with Gasteiger partial charge in [0.25, 0.3) is 0 Å². The van der Waals surface area contributed by atoms with Crippen LogP contribution in [0.5, 0.6) is 0 Å². The molecule has 13 heavy (non-hydrogen) atoms. The number of ketones is 1. The Labute approximate surface area is 86.5 Å². The van der Waals surface area contributed by atoms with Crippen molar-refractivity contribution in [3.05, 3.63) is 28.8 Å². The molecule has 0 saturated heterocycles. The van der Waals surface area contributed by atoms with Crippen molar-refractivity contribution in [2.45, 2.75) is 11.8 Å². The first-order valence-corrected chi connectivity index (χ1v) is 5.51. The van der Waals surface area contributed by atoms with Crippen molar-refractivity contribution in [1.82, 2.24) is 0 Å². The molecule has 1 nitrogen and oxygen atoms in total. The lowest BCUT2D eigenvalue weighted by Crippen LogP contribution is -2.18. The monoisotopic (exact) mass is 212 g/mol. The molecular weight excluding hydrogens is 204 g/mol. The van der Waals surface area contributed by atoms with Crippen molar-refractivity contribution < 1.29 is 4.79 Å². The van der Waals surface area contributed by atoms with E-state index in [2.05, 4.69) is 0 Å². The Hall–Kier alpha value is -0.470. The fourth-order valence-electron chi connectivity index (χ4n) is 1.38. The van der Waals surface area contributed by atoms with Gasteiger partial charge >= 0.3 is 0 Å². The number of halogens is 1. The molecule has 1 aliphatic rings. The van der Waals surface area contributed by atoms with E-state index in [9.17, 15) is 4.79 Å². The number of Topliss-reactive ketones (excluding diaryl/α,β-unsaturated/α-hetero) is 1. The summed E-state index contributed by atoms with van der Waals surface area (Å²) in [6, 6.07) is 5.52. The van der Waals surface area contributed by atoms with E-state index in [0.29, 0.717) is 5.02 Å². The fourth-order valence-corrected chi connectivity index (χ4v) is 2.61. The molecule has 0 saturated carbocycles. The Kier molecular flexibility index (Phi) is 2.35. The molecule has 68 valence electrons. The molecule has 0 N–H and O–H groups in total. The first kappa shape index (κ1) is 9.10. The van der Waals surface area contributed by atoms with Crippen molar-refractivity contribution in [3.63, 3.8) is 0 Å². The first-order valence-electron chi connectivity index (χ1n) is 4.15. The van der Waals surface area contributed by atoms with Gasteiger partial charge in [-0.3, -0.25) is 4.79 Å². The van der Waals surface area contributed by atoms with E-state index in [0.717, 1.165) is 16.2 Å². The summed E-state index contributed by atoms with van der Waals surface area (Å²) in [5.74, 6) is 1.22. The number of hydrogen-bond donors (Lipinski definition) is 0. The van der Waals surface area contributed by atoms with Crippen LogP contribution >= 0.6 is 23.4 Å². The van der Waals surface area contributed by atoms with Gasteiger partial charge in [0.2, 0.25) is 0 Å². The predicted octanol–water partition coefficient (Wildman–Crippen LogP) is 3.26. The molecular formula is C10H9ClOS. The Morgan fingerprint density at radius 2 is 2.31 bits per heavy atom. The molecule has 0 radical (unpaired) electrons. The van der Waals surface area contributed by atoms with Crippen LogP contribution in [0.25, 0.3) is 0 Å². The van der Waals surface area contributed by atoms with Crippen molar-refractivity contribution in [2.24, 2.45) is 5.92 Å². The zero-order chi connectivity index (χ0) is 9.42. The first-order chi connectivity index (χ1) is 6.18. The maximum Gasteiger partial charge on any atom is 0.167 e. The second-order valence-corrected chi connectivity index (χ2v) is 4.72. The molecule has 1 aliphatic heterocycles. The smallest absolute Gasteiger partial charge is 0.167 e. The largest absolute Gasteiger partial charge is 0.294 e. The lowest BCUT2D eigenvalue weighted by Gasteiger charge is -2.19. The van der Waals surface area contributed by atoms with E-state index in [1.807, 2.05) is 19.1 Å². The van der Waals surface area contributed by atoms with Gasteiger partial charge in [-0.2, -0.15) is 0 Å². The van der Waals surface area contributed by atoms with Crippen molar-refractivity contribution in [1.29, 1.82) is 0 Å². The molecule has 0 bridgehead atoms. The van der Waals surface area contributed by atoms with E-state index >= 15 is 0 Å². The maximum atomic E-state index is 11.7. The van der Waals surface area contributed by atoms with Gasteiger partial charge in [-0.25, -0.2) is 0 Å². The number of carbonyl (C=O) groups excluding carboxylic acids is 1. The molecule has 0 amide bonds. The number of carbonyl (C=O) groups is 1. The zero-order valence-electron chi connectivity index (χ0n) is 7.21. The summed E-state index contributed by atoms with van der Waals surface area (Å²) >= 11 is 7.56. The topological polar surface area (TPSA) is 17.1 Å². The van der Waals surface area contributed by atoms with Crippen LogP contribution in [0.1, 0.15) is 17.3 Å². The number of fused-ring (bicyclic) bond motifs is 1. The zero-order valence-corrected chi connectivity index (χ0v) is 8.78. The highest BCUT2D eigenvalue weighted by atomic mass is 35.5. The van der Waals surface area contributed by atoms with Gasteiger partial charge in [-0.05, 0) is 18.2 Å². The fraction of sp³-hybridized carbons (Fsp3) is 0.300. The van der Waals surface area contributed by atoms with Gasteiger partial charge in [-0.15, -0.1) is 11.8 Å². The lowest BCUT2D eigenvalue weighted by atomic mass is 10.0. The van der Waals surface area contributed by atoms with E-state index in [1.165, 1.54) is 0 Å². The standard InChI is InChI=1S/C10H9ClOS/c1-6-5-13-9-3-2-7(11)4-8(9)10(6)12/h2-4,6H,5H2,1H3/t6-/m0/s1. The van der Waals surface area contributed by atoms with Crippen molar-refractivity contribution in [3.8, 4) is 0 Å². The van der Waals surface area contributed by atoms with Gasteiger partial charge in [0.1, 0.15) is 0 Å². The van der Waals surface area contributed by atoms with E-state index in [1.54, 1.807) is 17.8 Å². The second-order valence-electron chi connectivity index (χ2n) is 3.22. The number of thioether (sulfide) groups is 1. The number of benzene rings is 1. The number of hydrogen-bond acceptors (Lipinski definition) is 2. The van der Waals surface area contributed by atoms with Crippen LogP contribution < -0.4 is 0 Å². The highest BCUT2D eigenvalue weighted by Crippen LogP contribution is 2.33. The highest BCUT2D eigenvalue weighted by molar-refractivity contribution is 7.99. The minimum absolute atomic E-state index is 0.121. The molecule has 2 rings (SSSR count). The third kappa shape index (κ3) is 1.61. The minimum atomic E-state index is 0.121. The molecule has 0 aromatic heterocycles. The molecule has 1 atom stereocenters. The summed E-state index contributed by atoms with van der Waals surface area (Å²) < 4.78 is 0. The van der Waals surface area contributed by atoms with Crippen LogP contribution in [0.15, 0.2) is 23.1 Å². The van der Waals surface area contributed by atoms with Gasteiger partial charge < -0.3 is 0 Å². The molecule has 0 fully saturated rings. The quantitative estimate of drug-likeness (QED) is 0.657. The van der Waals surface area contributed by atoms with Crippen LogP contribution in [0.4, 0.5) is 0 Å². The van der Waals surface area contributed by atoms with Crippen LogP contribution in [0.2, 0.25) is 5.02 Å². The third-order valence-corrected chi connectivity index (χ3v) is 3.71. The van der Waals surface area contributed by atoms with Crippen LogP contribution in [0.3, 0.4) is 0 Å². The highest BCUT2D eigenvalue weighted by Gasteiger charge is 2.24. The van der Waals surface area contributed by atoms with Gasteiger partial charge in [-0.1, -0.05) is 18.5 Å². The Bertz CT molecular complexity index is 362. The Morgan fingerprint density at radius 3 is 3.08 bits per heavy atom. The second kappa shape index (κ2) is 3.35. The van der Waals surface area contributed by atoms with E-state index in [4.69, 9.17) is 11.6 Å². The van der Waals surface area contributed by atoms with Crippen molar-refractivity contribution in [2.75, 3.05) is 5.75 Å². The SMILES string of the molecule is C[C@H]1CSc2ccc(Cl)cc2C1=O. The third-order valence-electron chi connectivity index (χ3n) is 2.14. The Morgan fingerprint density at radius 1 is 1.54 bits per heavy atom. The van der Waals surface area contributed by atoms with Crippen LogP contribution in [0, 0.1) is 5.92 Å². The normalized spacial score (nSPS) is 21.4. The summed E-state index contributed by atoms with van der Waals surface area (Å²) in [6.07, 6.45) is 0. The van der Waals surface area contributed by atoms with E-state index in [-0.39, 0.29) is 11.7 Å². The molecule has 0 unspecified atom stereocenters. The van der Waals surface area contributed by atoms with Gasteiger partial charge in [0.15, 0.2) is 5.78 Å². The molecule has 1 aromatic rings. The molecule has 0 aliphatic carbocycles. The van der Waals surface area contributed by atoms with E-state index < -0.39 is 0 Å². The van der Waals surface area contributed by atoms with Crippen LogP contribution in [-0.2, 0) is 0 Å². The Balaban J connectivity index is 2.51. The molecule has 0 spiro atoms. The average molecular weight is 213 g/mol.